The van der Waals surface area contributed by atoms with Gasteiger partial charge >= 0.3 is 5.97 Å². The third-order valence-electron chi connectivity index (χ3n) is 2.83. The molecule has 1 heterocycles. The SMILES string of the molecule is CCN(C(C)=O)C1(C(=O)O)CCCOC1. The van der Waals surface area contributed by atoms with E-state index in [0.29, 0.717) is 26.0 Å². The molecule has 0 radical (unpaired) electrons. The summed E-state index contributed by atoms with van der Waals surface area (Å²) in [6.07, 6.45) is 1.14. The molecule has 0 aromatic rings. The Morgan fingerprint density at radius 2 is 2.20 bits per heavy atom. The number of carbonyl (C=O) groups excluding carboxylic acids is 1. The van der Waals surface area contributed by atoms with Gasteiger partial charge in [0.15, 0.2) is 5.54 Å². The van der Waals surface area contributed by atoms with Crippen molar-refractivity contribution in [2.24, 2.45) is 0 Å². The van der Waals surface area contributed by atoms with Crippen LogP contribution in [0.1, 0.15) is 26.7 Å². The molecule has 1 amide bonds. The largest absolute Gasteiger partial charge is 0.479 e. The van der Waals surface area contributed by atoms with Gasteiger partial charge in [0.1, 0.15) is 0 Å². The molecule has 15 heavy (non-hydrogen) atoms. The Labute approximate surface area is 89.0 Å². The van der Waals surface area contributed by atoms with Gasteiger partial charge in [-0.3, -0.25) is 4.79 Å². The fourth-order valence-electron chi connectivity index (χ4n) is 2.10. The van der Waals surface area contributed by atoms with Crippen LogP contribution in [0.25, 0.3) is 0 Å². The lowest BCUT2D eigenvalue weighted by Gasteiger charge is -2.41. The van der Waals surface area contributed by atoms with Gasteiger partial charge in [-0.15, -0.1) is 0 Å². The third-order valence-corrected chi connectivity index (χ3v) is 2.83. The Balaban J connectivity index is 2.97. The summed E-state index contributed by atoms with van der Waals surface area (Å²) in [5, 5.41) is 9.27. The Bertz CT molecular complexity index is 258. The van der Waals surface area contributed by atoms with E-state index in [9.17, 15) is 14.7 Å². The maximum atomic E-state index is 11.4. The predicted molar refractivity (Wildman–Crippen MR) is 53.5 cm³/mol. The molecule has 86 valence electrons. The van der Waals surface area contributed by atoms with Gasteiger partial charge in [-0.2, -0.15) is 0 Å². The lowest BCUT2D eigenvalue weighted by Crippen LogP contribution is -2.60. The normalized spacial score (nSPS) is 26.0. The minimum Gasteiger partial charge on any atom is -0.479 e. The summed E-state index contributed by atoms with van der Waals surface area (Å²) in [4.78, 5) is 24.1. The Hall–Kier alpha value is -1.10. The number of hydrogen-bond donors (Lipinski definition) is 1. The van der Waals surface area contributed by atoms with E-state index in [-0.39, 0.29) is 12.5 Å². The maximum absolute atomic E-state index is 11.4. The van der Waals surface area contributed by atoms with E-state index < -0.39 is 11.5 Å². The van der Waals surface area contributed by atoms with Crippen molar-refractivity contribution in [1.29, 1.82) is 0 Å². The zero-order chi connectivity index (χ0) is 11.5. The molecule has 1 rings (SSSR count). The number of carboxylic acids is 1. The van der Waals surface area contributed by atoms with Crippen LogP contribution >= 0.6 is 0 Å². The van der Waals surface area contributed by atoms with Gasteiger partial charge < -0.3 is 14.7 Å². The number of carboxylic acid groups (broad SMARTS) is 1. The number of carbonyl (C=O) groups is 2. The van der Waals surface area contributed by atoms with Crippen LogP contribution in [0.2, 0.25) is 0 Å². The van der Waals surface area contributed by atoms with Gasteiger partial charge in [0, 0.05) is 20.1 Å². The molecule has 5 heteroatoms. The first kappa shape index (κ1) is 12.0. The minimum atomic E-state index is -1.15. The fourth-order valence-corrected chi connectivity index (χ4v) is 2.10. The van der Waals surface area contributed by atoms with E-state index in [1.807, 2.05) is 0 Å². The summed E-state index contributed by atoms with van der Waals surface area (Å²) in [7, 11) is 0. The number of nitrogens with zero attached hydrogens (tertiary/aromatic N) is 1. The molecule has 0 aromatic heterocycles. The van der Waals surface area contributed by atoms with E-state index in [1.165, 1.54) is 11.8 Å². The highest BCUT2D eigenvalue weighted by Crippen LogP contribution is 2.26. The third kappa shape index (κ3) is 2.12. The van der Waals surface area contributed by atoms with E-state index in [4.69, 9.17) is 4.74 Å². The smallest absolute Gasteiger partial charge is 0.332 e. The predicted octanol–water partition coefficient (Wildman–Crippen LogP) is 0.489. The number of hydrogen-bond acceptors (Lipinski definition) is 3. The zero-order valence-electron chi connectivity index (χ0n) is 9.15. The maximum Gasteiger partial charge on any atom is 0.332 e. The molecule has 1 N–H and O–H groups in total. The summed E-state index contributed by atoms with van der Waals surface area (Å²) in [6.45, 7) is 4.23. The van der Waals surface area contributed by atoms with Crippen molar-refractivity contribution >= 4 is 11.9 Å². The van der Waals surface area contributed by atoms with Crippen molar-refractivity contribution in [1.82, 2.24) is 4.90 Å². The highest BCUT2D eigenvalue weighted by atomic mass is 16.5. The molecular weight excluding hydrogens is 198 g/mol. The van der Waals surface area contributed by atoms with Crippen LogP contribution in [0.4, 0.5) is 0 Å². The monoisotopic (exact) mass is 215 g/mol. The first-order chi connectivity index (χ1) is 7.04. The molecule has 5 nitrogen and oxygen atoms in total. The van der Waals surface area contributed by atoms with Crippen LogP contribution in [0, 0.1) is 0 Å². The molecule has 1 aliphatic rings. The molecule has 0 spiro atoms. The van der Waals surface area contributed by atoms with Crippen LogP contribution in [0.3, 0.4) is 0 Å². The molecule has 1 aliphatic heterocycles. The number of amides is 1. The van der Waals surface area contributed by atoms with E-state index >= 15 is 0 Å². The standard InChI is InChI=1S/C10H17NO4/c1-3-11(8(2)12)10(9(13)14)5-4-6-15-7-10/h3-7H2,1-2H3,(H,13,14). The molecule has 0 aromatic carbocycles. The summed E-state index contributed by atoms with van der Waals surface area (Å²) >= 11 is 0. The van der Waals surface area contributed by atoms with Crippen LogP contribution in [-0.4, -0.2) is 47.2 Å². The number of ether oxygens (including phenoxy) is 1. The van der Waals surface area contributed by atoms with Gasteiger partial charge in [0.2, 0.25) is 5.91 Å². The number of aliphatic carboxylic acids is 1. The highest BCUT2D eigenvalue weighted by molar-refractivity contribution is 5.86. The Morgan fingerprint density at radius 1 is 1.53 bits per heavy atom. The Kier molecular flexibility index (Phi) is 3.68. The molecule has 1 fully saturated rings. The van der Waals surface area contributed by atoms with Gasteiger partial charge in [0.25, 0.3) is 0 Å². The van der Waals surface area contributed by atoms with Crippen molar-refractivity contribution < 1.29 is 19.4 Å². The molecule has 0 aliphatic carbocycles. The summed E-state index contributed by atoms with van der Waals surface area (Å²) in [5.74, 6) is -1.19. The van der Waals surface area contributed by atoms with Crippen molar-refractivity contribution in [3.05, 3.63) is 0 Å². The second-order valence-electron chi connectivity index (χ2n) is 3.76. The van der Waals surface area contributed by atoms with E-state index in [1.54, 1.807) is 6.92 Å². The lowest BCUT2D eigenvalue weighted by molar-refractivity contribution is -0.168. The average Bonchev–Trinajstić information content (AvgIpc) is 2.19. The van der Waals surface area contributed by atoms with Crippen molar-refractivity contribution in [2.75, 3.05) is 19.8 Å². The van der Waals surface area contributed by atoms with Gasteiger partial charge in [-0.1, -0.05) is 0 Å². The Morgan fingerprint density at radius 3 is 2.53 bits per heavy atom. The second-order valence-corrected chi connectivity index (χ2v) is 3.76. The van der Waals surface area contributed by atoms with Crippen LogP contribution in [-0.2, 0) is 14.3 Å². The first-order valence-corrected chi connectivity index (χ1v) is 5.14. The lowest BCUT2D eigenvalue weighted by atomic mass is 9.90. The fraction of sp³-hybridized carbons (Fsp3) is 0.800. The molecule has 0 saturated carbocycles. The molecule has 1 unspecified atom stereocenters. The van der Waals surface area contributed by atoms with Crippen LogP contribution < -0.4 is 0 Å². The van der Waals surface area contributed by atoms with E-state index in [2.05, 4.69) is 0 Å². The highest BCUT2D eigenvalue weighted by Gasteiger charge is 2.46. The van der Waals surface area contributed by atoms with Crippen molar-refractivity contribution in [3.63, 3.8) is 0 Å². The summed E-state index contributed by atoms with van der Waals surface area (Å²) in [5.41, 5.74) is -1.15. The molecule has 1 saturated heterocycles. The molecule has 0 bridgehead atoms. The van der Waals surface area contributed by atoms with Gasteiger partial charge in [-0.05, 0) is 19.8 Å². The second kappa shape index (κ2) is 4.61. The van der Waals surface area contributed by atoms with E-state index in [0.717, 1.165) is 0 Å². The van der Waals surface area contributed by atoms with Gasteiger partial charge in [0.05, 0.1) is 6.61 Å². The van der Waals surface area contributed by atoms with Crippen LogP contribution in [0.15, 0.2) is 0 Å². The first-order valence-electron chi connectivity index (χ1n) is 5.14. The van der Waals surface area contributed by atoms with Crippen molar-refractivity contribution in [3.8, 4) is 0 Å². The van der Waals surface area contributed by atoms with Crippen molar-refractivity contribution in [2.45, 2.75) is 32.2 Å². The average molecular weight is 215 g/mol. The quantitative estimate of drug-likeness (QED) is 0.744. The summed E-state index contributed by atoms with van der Waals surface area (Å²) in [6, 6.07) is 0. The topological polar surface area (TPSA) is 66.8 Å². The minimum absolute atomic E-state index is 0.0930. The number of likely N-dealkylation sites (N-methyl/N-ethyl adjacent to an activating group) is 1. The summed E-state index contributed by atoms with van der Waals surface area (Å²) < 4.78 is 5.20. The van der Waals surface area contributed by atoms with Crippen LogP contribution in [0.5, 0.6) is 0 Å². The number of rotatable bonds is 3. The molecular formula is C10H17NO4. The zero-order valence-corrected chi connectivity index (χ0v) is 9.15. The molecule has 1 atom stereocenters. The van der Waals surface area contributed by atoms with Gasteiger partial charge in [-0.25, -0.2) is 4.79 Å².